The first-order chi connectivity index (χ1) is 13.6. The molecule has 0 saturated carbocycles. The quantitative estimate of drug-likeness (QED) is 0.542. The number of hydrogen-bond donors (Lipinski definition) is 2. The van der Waals surface area contributed by atoms with Crippen molar-refractivity contribution in [2.24, 2.45) is 5.92 Å². The van der Waals surface area contributed by atoms with Gasteiger partial charge in [-0.05, 0) is 37.8 Å². The Balaban J connectivity index is 1.80. The highest BCUT2D eigenvalue weighted by Crippen LogP contribution is 2.47. The van der Waals surface area contributed by atoms with Crippen molar-refractivity contribution in [3.8, 4) is 11.4 Å². The number of halogens is 2. The predicted molar refractivity (Wildman–Crippen MR) is 112 cm³/mol. The molecule has 0 bridgehead atoms. The molecular formula is C19H25F2N6OP. The largest absolute Gasteiger partial charge is 0.355 e. The summed E-state index contributed by atoms with van der Waals surface area (Å²) in [6.07, 6.45) is 3.51. The minimum absolute atomic E-state index is 0.138. The van der Waals surface area contributed by atoms with Gasteiger partial charge in [0.2, 0.25) is 0 Å². The second kappa shape index (κ2) is 8.53. The van der Waals surface area contributed by atoms with Crippen LogP contribution >= 0.6 is 7.14 Å². The third-order valence-electron chi connectivity index (χ3n) is 5.02. The molecule has 2 aromatic rings. The van der Waals surface area contributed by atoms with Crippen LogP contribution in [-0.2, 0) is 4.57 Å². The lowest BCUT2D eigenvalue weighted by molar-refractivity contribution is 0.226. The molecule has 10 heteroatoms. The van der Waals surface area contributed by atoms with E-state index in [9.17, 15) is 13.3 Å². The molecule has 2 N–H and O–H groups in total. The molecule has 3 heterocycles. The summed E-state index contributed by atoms with van der Waals surface area (Å²) in [7, 11) is -2.21. The first-order valence-corrected chi connectivity index (χ1v) is 12.0. The van der Waals surface area contributed by atoms with Crippen LogP contribution in [0, 0.1) is 11.3 Å². The second-order valence-corrected chi connectivity index (χ2v) is 11.5. The summed E-state index contributed by atoms with van der Waals surface area (Å²) in [4.78, 5) is 17.9. The number of alkyl halides is 2. The van der Waals surface area contributed by atoms with Gasteiger partial charge in [0, 0.05) is 24.8 Å². The second-order valence-electron chi connectivity index (χ2n) is 7.87. The van der Waals surface area contributed by atoms with Crippen LogP contribution in [0.25, 0.3) is 17.5 Å². The summed E-state index contributed by atoms with van der Waals surface area (Å²) in [5.74, 6) is 1.52. The van der Waals surface area contributed by atoms with Gasteiger partial charge in [0.05, 0.1) is 30.4 Å². The fraction of sp³-hybridized carbons (Fsp3) is 0.474. The molecule has 1 aliphatic rings. The van der Waals surface area contributed by atoms with E-state index >= 15 is 0 Å². The van der Waals surface area contributed by atoms with Gasteiger partial charge in [-0.3, -0.25) is 5.41 Å². The Labute approximate surface area is 168 Å². The van der Waals surface area contributed by atoms with Crippen molar-refractivity contribution in [2.75, 3.05) is 31.3 Å². The average molecular weight is 422 g/mol. The smallest absolute Gasteiger partial charge is 0.279 e. The Kier molecular flexibility index (Phi) is 6.27. The Bertz CT molecular complexity index is 954. The minimum Gasteiger partial charge on any atom is -0.355 e. The summed E-state index contributed by atoms with van der Waals surface area (Å²) < 4.78 is 37.4. The van der Waals surface area contributed by atoms with Gasteiger partial charge in [-0.2, -0.15) is 0 Å². The zero-order valence-electron chi connectivity index (χ0n) is 16.6. The van der Waals surface area contributed by atoms with E-state index in [4.69, 9.17) is 5.41 Å². The minimum atomic E-state index is -2.82. The van der Waals surface area contributed by atoms with Crippen LogP contribution in [0.1, 0.15) is 19.2 Å². The van der Waals surface area contributed by atoms with Crippen LogP contribution in [0.15, 0.2) is 24.7 Å². The number of aromatic amines is 1. The maximum absolute atomic E-state index is 12.6. The van der Waals surface area contributed by atoms with Crippen LogP contribution in [0.2, 0.25) is 0 Å². The van der Waals surface area contributed by atoms with Gasteiger partial charge in [-0.15, -0.1) is 0 Å². The van der Waals surface area contributed by atoms with Gasteiger partial charge in [0.15, 0.2) is 0 Å². The molecule has 7 nitrogen and oxygen atoms in total. The molecule has 0 amide bonds. The molecule has 1 saturated heterocycles. The maximum Gasteiger partial charge on any atom is 0.279 e. The van der Waals surface area contributed by atoms with E-state index in [2.05, 4.69) is 31.8 Å². The first-order valence-electron chi connectivity index (χ1n) is 9.35. The molecule has 0 aromatic carbocycles. The lowest BCUT2D eigenvalue weighted by atomic mass is 10.00. The summed E-state index contributed by atoms with van der Waals surface area (Å²) in [5.41, 5.74) is 0.607. The van der Waals surface area contributed by atoms with Crippen molar-refractivity contribution < 1.29 is 13.3 Å². The lowest BCUT2D eigenvalue weighted by Crippen LogP contribution is -2.42. The Morgan fingerprint density at radius 2 is 2.10 bits per heavy atom. The van der Waals surface area contributed by atoms with Crippen LogP contribution in [0.3, 0.4) is 0 Å². The molecule has 0 spiro atoms. The Hall–Kier alpha value is -2.41. The Morgan fingerprint density at radius 3 is 2.79 bits per heavy atom. The van der Waals surface area contributed by atoms with Crippen molar-refractivity contribution in [2.45, 2.75) is 25.4 Å². The molecule has 0 aliphatic carbocycles. The number of imidazole rings is 1. The SMILES string of the molecule is CC1CC(P(C)(C)=O)CN(c2cc(-c3cnc(/C=C\C(=N)C(F)F)[nH]3)ncn2)C1. The van der Waals surface area contributed by atoms with Crippen LogP contribution in [-0.4, -0.2) is 64.2 Å². The number of allylic oxidation sites excluding steroid dienone is 1. The third kappa shape index (κ3) is 5.35. The van der Waals surface area contributed by atoms with Gasteiger partial charge < -0.3 is 14.4 Å². The number of hydrogen-bond acceptors (Lipinski definition) is 6. The van der Waals surface area contributed by atoms with Crippen molar-refractivity contribution >= 4 is 24.7 Å². The van der Waals surface area contributed by atoms with Crippen molar-refractivity contribution in [3.05, 3.63) is 30.5 Å². The fourth-order valence-electron chi connectivity index (χ4n) is 3.42. The van der Waals surface area contributed by atoms with Gasteiger partial charge in [-0.1, -0.05) is 6.92 Å². The van der Waals surface area contributed by atoms with E-state index in [0.717, 1.165) is 24.9 Å². The van der Waals surface area contributed by atoms with Crippen LogP contribution in [0.5, 0.6) is 0 Å². The molecule has 156 valence electrons. The monoisotopic (exact) mass is 422 g/mol. The third-order valence-corrected chi connectivity index (χ3v) is 7.15. The first kappa shape index (κ1) is 21.3. The maximum atomic E-state index is 12.6. The number of rotatable bonds is 6. The molecule has 2 aromatic heterocycles. The van der Waals surface area contributed by atoms with Gasteiger partial charge in [0.1, 0.15) is 18.0 Å². The summed E-state index contributed by atoms with van der Waals surface area (Å²) in [5, 5.41) is 7.16. The number of aromatic nitrogens is 4. The standard InChI is InChI=1S/C19H25F2N6OP/c1-12-6-13(29(2,3)28)10-27(9-12)18-7-15(24-11-25-18)16-8-23-17(26-16)5-4-14(22)19(20)21/h4-5,7-8,11-13,19,22H,6,9-10H2,1-3H3,(H,23,26)/b5-4-,22-14?. The van der Waals surface area contributed by atoms with Crippen molar-refractivity contribution in [1.29, 1.82) is 5.41 Å². The number of nitrogens with one attached hydrogen (secondary N) is 2. The zero-order valence-corrected chi connectivity index (χ0v) is 17.5. The molecule has 29 heavy (non-hydrogen) atoms. The van der Waals surface area contributed by atoms with Gasteiger partial charge in [0.25, 0.3) is 6.43 Å². The average Bonchev–Trinajstić information content (AvgIpc) is 3.14. The highest BCUT2D eigenvalue weighted by molar-refractivity contribution is 7.63. The summed E-state index contributed by atoms with van der Waals surface area (Å²) in [6.45, 7) is 7.36. The van der Waals surface area contributed by atoms with E-state index in [1.807, 2.05) is 19.4 Å². The van der Waals surface area contributed by atoms with E-state index in [-0.39, 0.29) is 5.66 Å². The Morgan fingerprint density at radius 1 is 1.34 bits per heavy atom. The summed E-state index contributed by atoms with van der Waals surface area (Å²) >= 11 is 0. The van der Waals surface area contributed by atoms with Crippen molar-refractivity contribution in [3.63, 3.8) is 0 Å². The topological polar surface area (TPSA) is 98.6 Å². The van der Waals surface area contributed by atoms with Gasteiger partial charge >= 0.3 is 0 Å². The predicted octanol–water partition coefficient (Wildman–Crippen LogP) is 4.00. The van der Waals surface area contributed by atoms with E-state index in [1.165, 1.54) is 12.4 Å². The van der Waals surface area contributed by atoms with E-state index in [0.29, 0.717) is 29.7 Å². The van der Waals surface area contributed by atoms with Crippen LogP contribution < -0.4 is 4.90 Å². The molecule has 1 aliphatic heterocycles. The zero-order chi connectivity index (χ0) is 21.2. The van der Waals surface area contributed by atoms with Crippen molar-refractivity contribution in [1.82, 2.24) is 19.9 Å². The lowest BCUT2D eigenvalue weighted by Gasteiger charge is -2.38. The molecular weight excluding hydrogens is 397 g/mol. The fourth-order valence-corrected chi connectivity index (χ4v) is 4.87. The molecule has 3 rings (SSSR count). The molecule has 1 fully saturated rings. The van der Waals surface area contributed by atoms with E-state index in [1.54, 1.807) is 6.20 Å². The molecule has 0 radical (unpaired) electrons. The normalized spacial score (nSPS) is 20.6. The number of anilines is 1. The van der Waals surface area contributed by atoms with E-state index < -0.39 is 19.3 Å². The van der Waals surface area contributed by atoms with Gasteiger partial charge in [-0.25, -0.2) is 23.7 Å². The highest BCUT2D eigenvalue weighted by atomic mass is 31.2. The number of piperidine rings is 1. The highest BCUT2D eigenvalue weighted by Gasteiger charge is 2.32. The summed E-state index contributed by atoms with van der Waals surface area (Å²) in [6, 6.07) is 1.84. The number of nitrogens with zero attached hydrogens (tertiary/aromatic N) is 4. The molecule has 2 unspecified atom stereocenters. The van der Waals surface area contributed by atoms with Crippen LogP contribution in [0.4, 0.5) is 14.6 Å². The number of H-pyrrole nitrogens is 1. The molecule has 2 atom stereocenters.